The van der Waals surface area contributed by atoms with Gasteiger partial charge in [-0.05, 0) is 31.1 Å². The number of anilines is 1. The van der Waals surface area contributed by atoms with E-state index in [1.165, 1.54) is 37.0 Å². The van der Waals surface area contributed by atoms with Gasteiger partial charge in [0.25, 0.3) is 0 Å². The second-order valence-corrected chi connectivity index (χ2v) is 6.00. The molecule has 1 heterocycles. The molecule has 2 saturated carbocycles. The van der Waals surface area contributed by atoms with Gasteiger partial charge in [0.2, 0.25) is 0 Å². The van der Waals surface area contributed by atoms with Crippen LogP contribution in [0.25, 0.3) is 0 Å². The molecule has 0 radical (unpaired) electrons. The van der Waals surface area contributed by atoms with Crippen LogP contribution in [0.1, 0.15) is 31.4 Å². The van der Waals surface area contributed by atoms with Gasteiger partial charge in [-0.3, -0.25) is 4.79 Å². The summed E-state index contributed by atoms with van der Waals surface area (Å²) in [7, 11) is 0. The van der Waals surface area contributed by atoms with Crippen LogP contribution in [0, 0.1) is 11.8 Å². The topological polar surface area (TPSA) is 62.2 Å². The predicted octanol–water partition coefficient (Wildman–Crippen LogP) is 2.37. The van der Waals surface area contributed by atoms with Gasteiger partial charge in [-0.2, -0.15) is 0 Å². The Morgan fingerprint density at radius 2 is 2.41 bits per heavy atom. The summed E-state index contributed by atoms with van der Waals surface area (Å²) in [6.07, 6.45) is 5.39. The molecule has 2 bridgehead atoms. The number of fused-ring (bicyclic) bond motifs is 2. The summed E-state index contributed by atoms with van der Waals surface area (Å²) < 4.78 is 0. The first-order valence-electron chi connectivity index (χ1n) is 6.13. The van der Waals surface area contributed by atoms with Gasteiger partial charge in [-0.25, -0.2) is 4.98 Å². The molecule has 0 aliphatic heterocycles. The number of hydrogen-bond donors (Lipinski definition) is 2. The molecular weight excluding hydrogens is 236 g/mol. The zero-order valence-corrected chi connectivity index (χ0v) is 10.4. The van der Waals surface area contributed by atoms with Crippen molar-refractivity contribution in [2.45, 2.75) is 38.1 Å². The quantitative estimate of drug-likeness (QED) is 0.863. The largest absolute Gasteiger partial charge is 0.481 e. The van der Waals surface area contributed by atoms with Gasteiger partial charge in [0.15, 0.2) is 5.13 Å². The smallest absolute Gasteiger partial charge is 0.309 e. The van der Waals surface area contributed by atoms with Crippen LogP contribution in [0.3, 0.4) is 0 Å². The van der Waals surface area contributed by atoms with Crippen molar-refractivity contribution in [3.63, 3.8) is 0 Å². The van der Waals surface area contributed by atoms with Crippen molar-refractivity contribution in [1.82, 2.24) is 4.98 Å². The number of rotatable bonds is 4. The van der Waals surface area contributed by atoms with E-state index in [2.05, 4.69) is 10.3 Å². The number of nitrogens with zero attached hydrogens (tertiary/aromatic N) is 1. The van der Waals surface area contributed by atoms with Gasteiger partial charge in [0.1, 0.15) is 0 Å². The molecule has 0 aromatic carbocycles. The van der Waals surface area contributed by atoms with Crippen LogP contribution in [0.2, 0.25) is 0 Å². The molecule has 92 valence electrons. The van der Waals surface area contributed by atoms with Crippen molar-refractivity contribution in [3.05, 3.63) is 11.1 Å². The standard InChI is InChI=1S/C12H16N2O2S/c15-11(16)5-9-6-17-12(13-9)14-10-4-7-1-2-8(10)3-7/h6-8,10H,1-5H2,(H,13,14)(H,15,16). The molecule has 0 spiro atoms. The van der Waals surface area contributed by atoms with Crippen LogP contribution in [-0.4, -0.2) is 22.1 Å². The zero-order valence-electron chi connectivity index (χ0n) is 9.56. The van der Waals surface area contributed by atoms with Crippen LogP contribution in [0.5, 0.6) is 0 Å². The molecular formula is C12H16N2O2S. The Kier molecular flexibility index (Phi) is 2.78. The van der Waals surface area contributed by atoms with E-state index in [0.29, 0.717) is 11.7 Å². The lowest BCUT2D eigenvalue weighted by Gasteiger charge is -2.22. The third kappa shape index (κ3) is 2.29. The molecule has 2 aliphatic carbocycles. The van der Waals surface area contributed by atoms with Gasteiger partial charge >= 0.3 is 5.97 Å². The van der Waals surface area contributed by atoms with E-state index in [4.69, 9.17) is 5.11 Å². The minimum absolute atomic E-state index is 0.0227. The number of hydrogen-bond acceptors (Lipinski definition) is 4. The van der Waals surface area contributed by atoms with Crippen LogP contribution >= 0.6 is 11.3 Å². The Morgan fingerprint density at radius 1 is 1.53 bits per heavy atom. The Hall–Kier alpha value is -1.10. The van der Waals surface area contributed by atoms with Crippen LogP contribution in [0.15, 0.2) is 5.38 Å². The summed E-state index contributed by atoms with van der Waals surface area (Å²) in [5.41, 5.74) is 0.660. The molecule has 3 rings (SSSR count). The summed E-state index contributed by atoms with van der Waals surface area (Å²) in [6, 6.07) is 0.567. The Balaban J connectivity index is 1.61. The van der Waals surface area contributed by atoms with Crippen molar-refractivity contribution in [2.75, 3.05) is 5.32 Å². The van der Waals surface area contributed by atoms with E-state index in [1.807, 2.05) is 5.38 Å². The molecule has 3 unspecified atom stereocenters. The Bertz CT molecular complexity index is 432. The minimum Gasteiger partial charge on any atom is -0.481 e. The van der Waals surface area contributed by atoms with E-state index in [-0.39, 0.29) is 6.42 Å². The first-order valence-corrected chi connectivity index (χ1v) is 7.01. The number of thiazole rings is 1. The molecule has 3 atom stereocenters. The average Bonchev–Trinajstić information content (AvgIpc) is 2.94. The third-order valence-electron chi connectivity index (χ3n) is 3.93. The molecule has 1 aromatic rings. The summed E-state index contributed by atoms with van der Waals surface area (Å²) in [4.78, 5) is 14.9. The second-order valence-electron chi connectivity index (χ2n) is 5.14. The molecule has 2 aliphatic rings. The highest BCUT2D eigenvalue weighted by Gasteiger charge is 2.39. The highest BCUT2D eigenvalue weighted by atomic mass is 32.1. The summed E-state index contributed by atoms with van der Waals surface area (Å²) in [5.74, 6) is 0.907. The maximum Gasteiger partial charge on any atom is 0.309 e. The molecule has 1 aromatic heterocycles. The lowest BCUT2D eigenvalue weighted by Crippen LogP contribution is -2.25. The van der Waals surface area contributed by atoms with Gasteiger partial charge in [-0.15, -0.1) is 11.3 Å². The van der Waals surface area contributed by atoms with Crippen molar-refractivity contribution < 1.29 is 9.90 Å². The number of carbonyl (C=O) groups is 1. The minimum atomic E-state index is -0.818. The fraction of sp³-hybridized carbons (Fsp3) is 0.667. The molecule has 17 heavy (non-hydrogen) atoms. The summed E-state index contributed by atoms with van der Waals surface area (Å²) in [5, 5.41) is 14.9. The van der Waals surface area contributed by atoms with Crippen molar-refractivity contribution in [2.24, 2.45) is 11.8 Å². The summed E-state index contributed by atoms with van der Waals surface area (Å²) >= 11 is 1.52. The lowest BCUT2D eigenvalue weighted by molar-refractivity contribution is -0.136. The molecule has 2 fully saturated rings. The Morgan fingerprint density at radius 3 is 3.06 bits per heavy atom. The van der Waals surface area contributed by atoms with Gasteiger partial charge in [0, 0.05) is 11.4 Å². The molecule has 2 N–H and O–H groups in total. The number of nitrogens with one attached hydrogen (secondary N) is 1. The predicted molar refractivity (Wildman–Crippen MR) is 66.3 cm³/mol. The lowest BCUT2D eigenvalue weighted by atomic mass is 9.96. The normalized spacial score (nSPS) is 30.7. The average molecular weight is 252 g/mol. The van der Waals surface area contributed by atoms with E-state index >= 15 is 0 Å². The van der Waals surface area contributed by atoms with Crippen LogP contribution in [0.4, 0.5) is 5.13 Å². The highest BCUT2D eigenvalue weighted by Crippen LogP contribution is 2.45. The Labute approximate surface area is 104 Å². The van der Waals surface area contributed by atoms with Crippen molar-refractivity contribution in [1.29, 1.82) is 0 Å². The van der Waals surface area contributed by atoms with E-state index < -0.39 is 5.97 Å². The van der Waals surface area contributed by atoms with E-state index in [0.717, 1.165) is 17.0 Å². The van der Waals surface area contributed by atoms with Gasteiger partial charge in [0.05, 0.1) is 12.1 Å². The van der Waals surface area contributed by atoms with E-state index in [1.54, 1.807) is 0 Å². The van der Waals surface area contributed by atoms with Crippen molar-refractivity contribution >= 4 is 22.4 Å². The number of carboxylic acids is 1. The van der Waals surface area contributed by atoms with Crippen LogP contribution in [-0.2, 0) is 11.2 Å². The third-order valence-corrected chi connectivity index (χ3v) is 4.75. The fourth-order valence-electron chi connectivity index (χ4n) is 3.19. The number of aliphatic carboxylic acids is 1. The zero-order chi connectivity index (χ0) is 11.8. The van der Waals surface area contributed by atoms with Gasteiger partial charge < -0.3 is 10.4 Å². The SMILES string of the molecule is O=C(O)Cc1csc(NC2CC3CCC2C3)n1. The number of aromatic nitrogens is 1. The van der Waals surface area contributed by atoms with Crippen LogP contribution < -0.4 is 5.32 Å². The second kappa shape index (κ2) is 4.29. The first-order chi connectivity index (χ1) is 8.20. The van der Waals surface area contributed by atoms with E-state index in [9.17, 15) is 4.79 Å². The molecule has 5 heteroatoms. The fourth-order valence-corrected chi connectivity index (χ4v) is 3.96. The molecule has 4 nitrogen and oxygen atoms in total. The van der Waals surface area contributed by atoms with Gasteiger partial charge in [-0.1, -0.05) is 6.42 Å². The van der Waals surface area contributed by atoms with Crippen molar-refractivity contribution in [3.8, 4) is 0 Å². The monoisotopic (exact) mass is 252 g/mol. The maximum absolute atomic E-state index is 10.6. The highest BCUT2D eigenvalue weighted by molar-refractivity contribution is 7.13. The maximum atomic E-state index is 10.6. The first kappa shape index (κ1) is 11.0. The summed E-state index contributed by atoms with van der Waals surface area (Å²) in [6.45, 7) is 0. The number of carboxylic acid groups (broad SMARTS) is 1. The molecule has 0 amide bonds. The molecule has 0 saturated heterocycles.